The van der Waals surface area contributed by atoms with E-state index >= 15 is 0 Å². The van der Waals surface area contributed by atoms with Gasteiger partial charge in [-0.1, -0.05) is 45.0 Å². The van der Waals surface area contributed by atoms with Gasteiger partial charge in [0.25, 0.3) is 0 Å². The van der Waals surface area contributed by atoms with E-state index in [-0.39, 0.29) is 5.41 Å². The zero-order chi connectivity index (χ0) is 14.9. The average Bonchev–Trinajstić information content (AvgIpc) is 3.14. The fraction of sp³-hybridized carbons (Fsp3) is 0.500. The van der Waals surface area contributed by atoms with Crippen LogP contribution in [0.2, 0.25) is 0 Å². The molecule has 0 unspecified atom stereocenters. The first-order chi connectivity index (χ1) is 10.0. The molecule has 1 saturated carbocycles. The second-order valence-corrected chi connectivity index (χ2v) is 7.87. The van der Waals surface area contributed by atoms with Gasteiger partial charge < -0.3 is 5.32 Å². The fourth-order valence-corrected chi connectivity index (χ4v) is 3.18. The van der Waals surface area contributed by atoms with Gasteiger partial charge in [0.05, 0.1) is 10.7 Å². The summed E-state index contributed by atoms with van der Waals surface area (Å²) in [5, 5.41) is 6.96. The van der Waals surface area contributed by atoms with Gasteiger partial charge in [-0.3, -0.25) is 0 Å². The van der Waals surface area contributed by atoms with E-state index in [9.17, 15) is 0 Å². The van der Waals surface area contributed by atoms with Crippen molar-refractivity contribution in [2.24, 2.45) is 0 Å². The lowest BCUT2D eigenvalue weighted by atomic mass is 9.86. The van der Waals surface area contributed by atoms with Crippen molar-refractivity contribution >= 4 is 11.3 Å². The third kappa shape index (κ3) is 3.92. The van der Waals surface area contributed by atoms with Crippen LogP contribution in [0.25, 0.3) is 11.3 Å². The van der Waals surface area contributed by atoms with E-state index in [2.05, 4.69) is 55.7 Å². The van der Waals surface area contributed by atoms with Gasteiger partial charge in [0, 0.05) is 30.0 Å². The molecule has 112 valence electrons. The lowest BCUT2D eigenvalue weighted by molar-refractivity contribution is 0.590. The van der Waals surface area contributed by atoms with Crippen molar-refractivity contribution in [3.63, 3.8) is 0 Å². The molecular formula is C18H24N2S. The molecule has 0 amide bonds. The van der Waals surface area contributed by atoms with Crippen molar-refractivity contribution in [2.45, 2.75) is 51.5 Å². The molecule has 1 fully saturated rings. The first kappa shape index (κ1) is 14.7. The minimum absolute atomic E-state index is 0.209. The number of rotatable bonds is 5. The average molecular weight is 300 g/mol. The number of nitrogens with zero attached hydrogens (tertiary/aromatic N) is 1. The van der Waals surface area contributed by atoms with Crippen LogP contribution in [-0.2, 0) is 11.8 Å². The first-order valence-corrected chi connectivity index (χ1v) is 8.69. The third-order valence-electron chi connectivity index (χ3n) is 3.95. The second kappa shape index (κ2) is 5.90. The van der Waals surface area contributed by atoms with Crippen LogP contribution in [0.5, 0.6) is 0 Å². The van der Waals surface area contributed by atoms with E-state index in [1.165, 1.54) is 29.0 Å². The second-order valence-electron chi connectivity index (χ2n) is 6.93. The van der Waals surface area contributed by atoms with Gasteiger partial charge in [0.1, 0.15) is 0 Å². The van der Waals surface area contributed by atoms with Crippen LogP contribution in [0.15, 0.2) is 29.6 Å². The highest BCUT2D eigenvalue weighted by molar-refractivity contribution is 7.09. The Balaban J connectivity index is 1.64. The Morgan fingerprint density at radius 1 is 1.19 bits per heavy atom. The number of nitrogens with one attached hydrogen (secondary N) is 1. The SMILES string of the molecule is CC(C)(C)c1ccc(-c2csc(CCNC3CC3)n2)cc1. The Hall–Kier alpha value is -1.19. The van der Waals surface area contributed by atoms with Crippen LogP contribution in [0.4, 0.5) is 0 Å². The van der Waals surface area contributed by atoms with E-state index in [0.29, 0.717) is 0 Å². The maximum atomic E-state index is 4.77. The summed E-state index contributed by atoms with van der Waals surface area (Å²) in [6, 6.07) is 9.63. The maximum absolute atomic E-state index is 4.77. The quantitative estimate of drug-likeness (QED) is 0.885. The number of hydrogen-bond acceptors (Lipinski definition) is 3. The molecule has 1 aromatic carbocycles. The fourth-order valence-electron chi connectivity index (χ4n) is 2.37. The van der Waals surface area contributed by atoms with Crippen LogP contribution in [-0.4, -0.2) is 17.6 Å². The normalized spacial score (nSPS) is 15.4. The van der Waals surface area contributed by atoms with Gasteiger partial charge in [-0.15, -0.1) is 11.3 Å². The molecule has 3 heteroatoms. The zero-order valence-corrected chi connectivity index (χ0v) is 14.0. The highest BCUT2D eigenvalue weighted by atomic mass is 32.1. The van der Waals surface area contributed by atoms with E-state index in [1.54, 1.807) is 11.3 Å². The molecule has 0 spiro atoms. The molecule has 0 bridgehead atoms. The maximum Gasteiger partial charge on any atom is 0.0945 e. The molecule has 0 aliphatic heterocycles. The minimum Gasteiger partial charge on any atom is -0.314 e. The zero-order valence-electron chi connectivity index (χ0n) is 13.1. The summed E-state index contributed by atoms with van der Waals surface area (Å²) in [6.07, 6.45) is 3.74. The van der Waals surface area contributed by atoms with E-state index in [0.717, 1.165) is 24.7 Å². The van der Waals surface area contributed by atoms with Crippen molar-refractivity contribution in [2.75, 3.05) is 6.54 Å². The Bertz CT molecular complexity index is 588. The Morgan fingerprint density at radius 3 is 2.52 bits per heavy atom. The van der Waals surface area contributed by atoms with Crippen molar-refractivity contribution in [1.82, 2.24) is 10.3 Å². The Labute approximate surface area is 131 Å². The minimum atomic E-state index is 0.209. The molecule has 0 radical (unpaired) electrons. The highest BCUT2D eigenvalue weighted by Gasteiger charge is 2.19. The number of benzene rings is 1. The van der Waals surface area contributed by atoms with Gasteiger partial charge in [-0.2, -0.15) is 0 Å². The van der Waals surface area contributed by atoms with Crippen LogP contribution in [0.1, 0.15) is 44.2 Å². The van der Waals surface area contributed by atoms with Crippen LogP contribution in [0.3, 0.4) is 0 Å². The van der Waals surface area contributed by atoms with Gasteiger partial charge in [-0.05, 0) is 23.8 Å². The van der Waals surface area contributed by atoms with Crippen molar-refractivity contribution in [1.29, 1.82) is 0 Å². The first-order valence-electron chi connectivity index (χ1n) is 7.81. The molecule has 1 aromatic heterocycles. The smallest absolute Gasteiger partial charge is 0.0945 e. The van der Waals surface area contributed by atoms with E-state index in [4.69, 9.17) is 4.98 Å². The predicted octanol–water partition coefficient (Wildman–Crippen LogP) is 4.40. The predicted molar refractivity (Wildman–Crippen MR) is 91.0 cm³/mol. The van der Waals surface area contributed by atoms with Crippen LogP contribution >= 0.6 is 11.3 Å². The number of thiazole rings is 1. The molecule has 1 heterocycles. The number of aromatic nitrogens is 1. The van der Waals surface area contributed by atoms with Crippen LogP contribution < -0.4 is 5.32 Å². The molecule has 2 aromatic rings. The largest absolute Gasteiger partial charge is 0.314 e. The molecule has 0 saturated heterocycles. The summed E-state index contributed by atoms with van der Waals surface area (Å²) in [4.78, 5) is 4.77. The lowest BCUT2D eigenvalue weighted by Crippen LogP contribution is -2.19. The topological polar surface area (TPSA) is 24.9 Å². The summed E-state index contributed by atoms with van der Waals surface area (Å²) in [6.45, 7) is 7.79. The van der Waals surface area contributed by atoms with Crippen molar-refractivity contribution < 1.29 is 0 Å². The van der Waals surface area contributed by atoms with Crippen molar-refractivity contribution in [3.05, 3.63) is 40.2 Å². The van der Waals surface area contributed by atoms with E-state index in [1.807, 2.05) is 0 Å². The summed E-state index contributed by atoms with van der Waals surface area (Å²) in [5.74, 6) is 0. The van der Waals surface area contributed by atoms with Gasteiger partial charge >= 0.3 is 0 Å². The third-order valence-corrected chi connectivity index (χ3v) is 4.86. The molecule has 1 aliphatic carbocycles. The summed E-state index contributed by atoms with van der Waals surface area (Å²) in [5.41, 5.74) is 3.91. The molecule has 2 nitrogen and oxygen atoms in total. The van der Waals surface area contributed by atoms with Crippen molar-refractivity contribution in [3.8, 4) is 11.3 Å². The molecule has 21 heavy (non-hydrogen) atoms. The highest BCUT2D eigenvalue weighted by Crippen LogP contribution is 2.27. The lowest BCUT2D eigenvalue weighted by Gasteiger charge is -2.18. The molecule has 1 aliphatic rings. The van der Waals surface area contributed by atoms with Gasteiger partial charge in [0.15, 0.2) is 0 Å². The van der Waals surface area contributed by atoms with E-state index < -0.39 is 0 Å². The van der Waals surface area contributed by atoms with Gasteiger partial charge in [0.2, 0.25) is 0 Å². The summed E-state index contributed by atoms with van der Waals surface area (Å²) < 4.78 is 0. The van der Waals surface area contributed by atoms with Gasteiger partial charge in [-0.25, -0.2) is 4.98 Å². The standard InChI is InChI=1S/C18H24N2S/c1-18(2,3)14-6-4-13(5-7-14)16-12-21-17(20-16)10-11-19-15-8-9-15/h4-7,12,15,19H,8-11H2,1-3H3. The summed E-state index contributed by atoms with van der Waals surface area (Å²) in [7, 11) is 0. The molecule has 1 N–H and O–H groups in total. The molecule has 3 rings (SSSR count). The molecular weight excluding hydrogens is 276 g/mol. The summed E-state index contributed by atoms with van der Waals surface area (Å²) >= 11 is 1.78. The molecule has 0 atom stereocenters. The number of hydrogen-bond donors (Lipinski definition) is 1. The Kier molecular flexibility index (Phi) is 4.14. The Morgan fingerprint density at radius 2 is 1.90 bits per heavy atom. The van der Waals surface area contributed by atoms with Crippen LogP contribution in [0, 0.1) is 0 Å². The monoisotopic (exact) mass is 300 g/mol.